The Morgan fingerprint density at radius 3 is 2.64 bits per heavy atom. The predicted molar refractivity (Wildman–Crippen MR) is 95.4 cm³/mol. The molecule has 8 nitrogen and oxygen atoms in total. The number of benzene rings is 1. The molecule has 2 N–H and O–H groups in total. The Kier molecular flexibility index (Phi) is 4.96. The van der Waals surface area contributed by atoms with Crippen molar-refractivity contribution in [2.45, 2.75) is 0 Å². The lowest BCUT2D eigenvalue weighted by molar-refractivity contribution is 0.356. The Balaban J connectivity index is 2.03. The molecule has 0 amide bonds. The maximum absolute atomic E-state index is 10.9. The van der Waals surface area contributed by atoms with Crippen LogP contribution in [0.1, 0.15) is 0 Å². The lowest BCUT2D eigenvalue weighted by Crippen LogP contribution is -2.14. The fraction of sp³-hybridized carbons (Fsp3) is 0.125. The molecule has 0 saturated heterocycles. The number of methoxy groups -OCH3 is 2. The fourth-order valence-corrected chi connectivity index (χ4v) is 2.73. The Morgan fingerprint density at radius 2 is 1.92 bits per heavy atom. The number of fused-ring (bicyclic) bond motifs is 1. The van der Waals surface area contributed by atoms with Crippen molar-refractivity contribution in [3.63, 3.8) is 0 Å². The third-order valence-corrected chi connectivity index (χ3v) is 3.92. The van der Waals surface area contributed by atoms with E-state index in [4.69, 9.17) is 14.0 Å². The molecule has 3 rings (SSSR count). The van der Waals surface area contributed by atoms with Gasteiger partial charge in [-0.05, 0) is 24.3 Å². The molecule has 2 heterocycles. The SMILES string of the molecule is COc1cc2ncnc(N3C=CC=C(NS(=O)O)C=C3)c2cc1OC. The highest BCUT2D eigenvalue weighted by atomic mass is 32.2. The van der Waals surface area contributed by atoms with E-state index in [2.05, 4.69) is 14.7 Å². The molecule has 130 valence electrons. The zero-order chi connectivity index (χ0) is 17.8. The van der Waals surface area contributed by atoms with Gasteiger partial charge in [-0.15, -0.1) is 0 Å². The van der Waals surface area contributed by atoms with Gasteiger partial charge in [0.1, 0.15) is 12.1 Å². The summed E-state index contributed by atoms with van der Waals surface area (Å²) in [4.78, 5) is 10.4. The van der Waals surface area contributed by atoms with Crippen molar-refractivity contribution >= 4 is 28.0 Å². The highest BCUT2D eigenvalue weighted by Crippen LogP contribution is 2.35. The molecule has 1 aromatic carbocycles. The van der Waals surface area contributed by atoms with Crippen molar-refractivity contribution in [1.82, 2.24) is 14.7 Å². The molecule has 0 bridgehead atoms. The molecule has 1 aliphatic heterocycles. The highest BCUT2D eigenvalue weighted by Gasteiger charge is 2.14. The second-order valence-corrected chi connectivity index (χ2v) is 5.66. The number of rotatable bonds is 5. The van der Waals surface area contributed by atoms with E-state index in [-0.39, 0.29) is 0 Å². The van der Waals surface area contributed by atoms with Crippen LogP contribution in [0.25, 0.3) is 10.9 Å². The number of nitrogens with zero attached hydrogens (tertiary/aromatic N) is 3. The van der Waals surface area contributed by atoms with Gasteiger partial charge >= 0.3 is 0 Å². The lowest BCUT2D eigenvalue weighted by atomic mass is 10.2. The van der Waals surface area contributed by atoms with E-state index < -0.39 is 11.3 Å². The third-order valence-electron chi connectivity index (χ3n) is 3.51. The molecule has 0 spiro atoms. The van der Waals surface area contributed by atoms with Crippen LogP contribution >= 0.6 is 0 Å². The Hall–Kier alpha value is -2.91. The number of hydrogen-bond donors (Lipinski definition) is 2. The van der Waals surface area contributed by atoms with Crippen LogP contribution in [0.3, 0.4) is 0 Å². The molecule has 0 fully saturated rings. The van der Waals surface area contributed by atoms with Crippen LogP contribution in [-0.2, 0) is 11.3 Å². The summed E-state index contributed by atoms with van der Waals surface area (Å²) in [6.07, 6.45) is 10.1. The van der Waals surface area contributed by atoms with Crippen molar-refractivity contribution in [3.8, 4) is 11.5 Å². The van der Waals surface area contributed by atoms with E-state index >= 15 is 0 Å². The number of anilines is 1. The zero-order valence-electron chi connectivity index (χ0n) is 13.5. The fourth-order valence-electron chi connectivity index (χ4n) is 2.39. The molecular weight excluding hydrogens is 344 g/mol. The Bertz CT molecular complexity index is 910. The van der Waals surface area contributed by atoms with Crippen molar-refractivity contribution in [2.75, 3.05) is 19.1 Å². The van der Waals surface area contributed by atoms with Crippen LogP contribution in [0.4, 0.5) is 5.82 Å². The number of allylic oxidation sites excluding steroid dienone is 3. The van der Waals surface area contributed by atoms with E-state index in [9.17, 15) is 4.21 Å². The van der Waals surface area contributed by atoms with E-state index in [1.807, 2.05) is 6.07 Å². The summed E-state index contributed by atoms with van der Waals surface area (Å²) in [5.41, 5.74) is 1.20. The molecule has 0 aliphatic carbocycles. The third kappa shape index (κ3) is 3.62. The minimum absolute atomic E-state index is 0.497. The van der Waals surface area contributed by atoms with Gasteiger partial charge in [0.15, 0.2) is 11.5 Å². The number of aromatic nitrogens is 2. The Labute approximate surface area is 146 Å². The van der Waals surface area contributed by atoms with Crippen molar-refractivity contribution < 1.29 is 18.2 Å². The number of hydrogen-bond acceptors (Lipinski definition) is 6. The summed E-state index contributed by atoms with van der Waals surface area (Å²) in [5, 5.41) is 0.775. The summed E-state index contributed by atoms with van der Waals surface area (Å²) in [7, 11) is 3.13. The van der Waals surface area contributed by atoms with Crippen molar-refractivity contribution in [2.24, 2.45) is 0 Å². The predicted octanol–water partition coefficient (Wildman–Crippen LogP) is 2.10. The first-order valence-corrected chi connectivity index (χ1v) is 8.32. The van der Waals surface area contributed by atoms with Gasteiger partial charge in [-0.2, -0.15) is 0 Å². The molecule has 1 aromatic heterocycles. The molecule has 1 atom stereocenters. The summed E-state index contributed by atoms with van der Waals surface area (Å²) in [6, 6.07) is 3.59. The van der Waals surface area contributed by atoms with Crippen LogP contribution < -0.4 is 19.1 Å². The standard InChI is InChI=1S/C16H16N4O4S/c1-23-14-8-12-13(9-15(14)24-2)17-10-18-16(12)20-6-3-4-11(5-7-20)19-25(21)22/h3-10,19H,1-2H3,(H,21,22). The van der Waals surface area contributed by atoms with Crippen molar-refractivity contribution in [3.05, 3.63) is 54.8 Å². The average molecular weight is 360 g/mol. The van der Waals surface area contributed by atoms with Gasteiger partial charge in [-0.3, -0.25) is 9.27 Å². The molecule has 1 unspecified atom stereocenters. The molecule has 2 aromatic rings. The lowest BCUT2D eigenvalue weighted by Gasteiger charge is -2.17. The maximum atomic E-state index is 10.9. The Morgan fingerprint density at radius 1 is 1.16 bits per heavy atom. The van der Waals surface area contributed by atoms with Gasteiger partial charge in [0.2, 0.25) is 0 Å². The maximum Gasteiger partial charge on any atom is 0.259 e. The number of ether oxygens (including phenoxy) is 2. The molecule has 25 heavy (non-hydrogen) atoms. The van der Waals surface area contributed by atoms with E-state index in [0.29, 0.717) is 28.5 Å². The first kappa shape index (κ1) is 16.9. The molecule has 1 aliphatic rings. The summed E-state index contributed by atoms with van der Waals surface area (Å²) >= 11 is -2.13. The van der Waals surface area contributed by atoms with E-state index in [0.717, 1.165) is 5.39 Å². The van der Waals surface area contributed by atoms with Crippen LogP contribution in [-0.4, -0.2) is 32.9 Å². The van der Waals surface area contributed by atoms with Crippen LogP contribution in [0.5, 0.6) is 11.5 Å². The normalized spacial score (nSPS) is 14.8. The quantitative estimate of drug-likeness (QED) is 0.788. The van der Waals surface area contributed by atoms with Crippen molar-refractivity contribution in [1.29, 1.82) is 0 Å². The first-order valence-electron chi connectivity index (χ1n) is 7.21. The average Bonchev–Trinajstić information content (AvgIpc) is 2.84. The summed E-state index contributed by atoms with van der Waals surface area (Å²) < 4.78 is 32.9. The molecule has 9 heteroatoms. The summed E-state index contributed by atoms with van der Waals surface area (Å²) in [5.74, 6) is 1.79. The van der Waals surface area contributed by atoms with E-state index in [1.165, 1.54) is 6.33 Å². The zero-order valence-corrected chi connectivity index (χ0v) is 14.4. The van der Waals surface area contributed by atoms with Crippen LogP contribution in [0, 0.1) is 0 Å². The minimum atomic E-state index is -2.13. The van der Waals surface area contributed by atoms with Gasteiger partial charge in [0.05, 0.1) is 19.7 Å². The first-order chi connectivity index (χ1) is 12.1. The minimum Gasteiger partial charge on any atom is -0.493 e. The second kappa shape index (κ2) is 7.32. The van der Waals surface area contributed by atoms with Crippen LogP contribution in [0.2, 0.25) is 0 Å². The molecular formula is C16H16N4O4S. The van der Waals surface area contributed by atoms with Gasteiger partial charge in [-0.25, -0.2) is 14.2 Å². The highest BCUT2D eigenvalue weighted by molar-refractivity contribution is 7.77. The topological polar surface area (TPSA) is 96.8 Å². The molecule has 0 radical (unpaired) electrons. The van der Waals surface area contributed by atoms with E-state index in [1.54, 1.807) is 55.8 Å². The van der Waals surface area contributed by atoms with Gasteiger partial charge in [-0.1, -0.05) is 0 Å². The van der Waals surface area contributed by atoms with Crippen LogP contribution in [0.15, 0.2) is 54.8 Å². The monoisotopic (exact) mass is 360 g/mol. The van der Waals surface area contributed by atoms with Gasteiger partial charge in [0.25, 0.3) is 11.3 Å². The second-order valence-electron chi connectivity index (χ2n) is 4.96. The molecule has 0 saturated carbocycles. The largest absolute Gasteiger partial charge is 0.493 e. The number of nitrogens with one attached hydrogen (secondary N) is 1. The van der Waals surface area contributed by atoms with Gasteiger partial charge < -0.3 is 14.4 Å². The smallest absolute Gasteiger partial charge is 0.259 e. The summed E-state index contributed by atoms with van der Waals surface area (Å²) in [6.45, 7) is 0. The van der Waals surface area contributed by atoms with Gasteiger partial charge in [0, 0.05) is 29.5 Å².